The third-order valence-electron chi connectivity index (χ3n) is 3.33. The Morgan fingerprint density at radius 1 is 1.27 bits per heavy atom. The number of nitrogens with zero attached hydrogens (tertiary/aromatic N) is 1. The summed E-state index contributed by atoms with van der Waals surface area (Å²) < 4.78 is 53.6. The second-order valence-electron chi connectivity index (χ2n) is 4.72. The van der Waals surface area contributed by atoms with Crippen LogP contribution in [0.5, 0.6) is 5.75 Å². The van der Waals surface area contributed by atoms with E-state index in [1.807, 2.05) is 4.90 Å². The maximum atomic E-state index is 13.7. The second-order valence-corrected chi connectivity index (χ2v) is 4.72. The molecule has 2 rings (SSSR count). The van der Waals surface area contributed by atoms with Crippen molar-refractivity contribution < 1.29 is 27.4 Å². The Labute approximate surface area is 131 Å². The highest BCUT2D eigenvalue weighted by Gasteiger charge is 2.32. The number of aliphatic hydroxyl groups is 1. The van der Waals surface area contributed by atoms with Crippen molar-refractivity contribution in [2.45, 2.75) is 12.4 Å². The van der Waals surface area contributed by atoms with Crippen LogP contribution in [0.2, 0.25) is 0 Å². The second kappa shape index (κ2) is 7.96. The molecule has 1 aromatic carbocycles. The summed E-state index contributed by atoms with van der Waals surface area (Å²) in [6, 6.07) is 2.81. The molecule has 0 radical (unpaired) electrons. The van der Waals surface area contributed by atoms with Crippen LogP contribution in [0.25, 0.3) is 0 Å². The minimum absolute atomic E-state index is 0. The summed E-state index contributed by atoms with van der Waals surface area (Å²) in [5, 5.41) is 12.6. The molecule has 126 valence electrons. The van der Waals surface area contributed by atoms with Crippen LogP contribution in [0.15, 0.2) is 18.2 Å². The number of alkyl halides is 3. The zero-order valence-corrected chi connectivity index (χ0v) is 12.4. The van der Waals surface area contributed by atoms with Gasteiger partial charge in [0.15, 0.2) is 11.6 Å². The van der Waals surface area contributed by atoms with Gasteiger partial charge < -0.3 is 15.2 Å². The maximum absolute atomic E-state index is 13.7. The zero-order chi connectivity index (χ0) is 15.5. The molecule has 0 spiro atoms. The highest BCUT2D eigenvalue weighted by molar-refractivity contribution is 5.85. The van der Waals surface area contributed by atoms with Crippen molar-refractivity contribution in [3.8, 4) is 5.75 Å². The first-order chi connectivity index (χ1) is 9.90. The molecule has 2 N–H and O–H groups in total. The van der Waals surface area contributed by atoms with Gasteiger partial charge in [-0.3, -0.25) is 4.90 Å². The van der Waals surface area contributed by atoms with Crippen LogP contribution in [0.3, 0.4) is 0 Å². The molecule has 1 fully saturated rings. The maximum Gasteiger partial charge on any atom is 0.573 e. The number of nitrogens with one attached hydrogen (secondary N) is 1. The Morgan fingerprint density at radius 3 is 2.41 bits per heavy atom. The van der Waals surface area contributed by atoms with E-state index in [2.05, 4.69) is 10.1 Å². The fraction of sp³-hybridized carbons (Fsp3) is 0.538. The van der Waals surface area contributed by atoms with Gasteiger partial charge in [0.1, 0.15) is 0 Å². The minimum atomic E-state index is -4.93. The fourth-order valence-electron chi connectivity index (χ4n) is 2.36. The summed E-state index contributed by atoms with van der Waals surface area (Å²) >= 11 is 0. The molecule has 0 saturated carbocycles. The van der Waals surface area contributed by atoms with E-state index in [-0.39, 0.29) is 19.0 Å². The molecular formula is C13H17ClF4N2O2. The number of piperazine rings is 1. The van der Waals surface area contributed by atoms with Gasteiger partial charge in [-0.2, -0.15) is 0 Å². The number of hydrogen-bond acceptors (Lipinski definition) is 4. The van der Waals surface area contributed by atoms with E-state index in [1.54, 1.807) is 0 Å². The Morgan fingerprint density at radius 2 is 1.91 bits per heavy atom. The summed E-state index contributed by atoms with van der Waals surface area (Å²) in [4.78, 5) is 1.95. The van der Waals surface area contributed by atoms with E-state index in [4.69, 9.17) is 0 Å². The van der Waals surface area contributed by atoms with Crippen LogP contribution < -0.4 is 10.1 Å². The lowest BCUT2D eigenvalue weighted by Gasteiger charge is -2.34. The lowest BCUT2D eigenvalue weighted by molar-refractivity contribution is -0.275. The summed E-state index contributed by atoms with van der Waals surface area (Å²) in [5.41, 5.74) is 0.423. The zero-order valence-electron chi connectivity index (χ0n) is 11.6. The smallest absolute Gasteiger partial charge is 0.403 e. The normalized spacial score (nSPS) is 17.7. The first-order valence-electron chi connectivity index (χ1n) is 6.51. The first-order valence-corrected chi connectivity index (χ1v) is 6.51. The number of rotatable bonds is 4. The number of halogens is 5. The molecule has 9 heteroatoms. The van der Waals surface area contributed by atoms with Crippen molar-refractivity contribution >= 4 is 12.4 Å². The third kappa shape index (κ3) is 4.98. The SMILES string of the molecule is Cl.OC[C@H](c1ccc(OC(F)(F)F)c(F)c1)N1CCNCC1. The van der Waals surface area contributed by atoms with E-state index in [1.165, 1.54) is 6.07 Å². The molecule has 1 aromatic rings. The molecule has 1 aliphatic heterocycles. The van der Waals surface area contributed by atoms with E-state index in [9.17, 15) is 22.7 Å². The lowest BCUT2D eigenvalue weighted by atomic mass is 10.0. The molecule has 0 bridgehead atoms. The largest absolute Gasteiger partial charge is 0.573 e. The van der Waals surface area contributed by atoms with Crippen LogP contribution in [0.1, 0.15) is 11.6 Å². The van der Waals surface area contributed by atoms with Gasteiger partial charge in [0.2, 0.25) is 0 Å². The summed E-state index contributed by atoms with van der Waals surface area (Å²) in [5.74, 6) is -1.97. The molecule has 1 heterocycles. The van der Waals surface area contributed by atoms with E-state index in [0.29, 0.717) is 18.7 Å². The summed E-state index contributed by atoms with van der Waals surface area (Å²) in [7, 11) is 0. The van der Waals surface area contributed by atoms with Crippen molar-refractivity contribution in [3.63, 3.8) is 0 Å². The number of ether oxygens (including phenoxy) is 1. The molecule has 0 amide bonds. The monoisotopic (exact) mass is 344 g/mol. The van der Waals surface area contributed by atoms with Gasteiger partial charge in [0, 0.05) is 26.2 Å². The number of benzene rings is 1. The first kappa shape index (κ1) is 19.0. The van der Waals surface area contributed by atoms with E-state index in [0.717, 1.165) is 25.2 Å². The molecule has 0 unspecified atom stereocenters. The van der Waals surface area contributed by atoms with Crippen LogP contribution in [-0.2, 0) is 0 Å². The Bertz CT molecular complexity index is 482. The average Bonchev–Trinajstić information content (AvgIpc) is 2.42. The van der Waals surface area contributed by atoms with Crippen molar-refractivity contribution in [2.24, 2.45) is 0 Å². The fourth-order valence-corrected chi connectivity index (χ4v) is 2.36. The van der Waals surface area contributed by atoms with Crippen LogP contribution in [-0.4, -0.2) is 49.2 Å². The highest BCUT2D eigenvalue weighted by atomic mass is 35.5. The molecule has 0 aromatic heterocycles. The molecule has 22 heavy (non-hydrogen) atoms. The van der Waals surface area contributed by atoms with Gasteiger partial charge >= 0.3 is 6.36 Å². The van der Waals surface area contributed by atoms with Gasteiger partial charge in [0.05, 0.1) is 12.6 Å². The van der Waals surface area contributed by atoms with Crippen molar-refractivity contribution in [1.82, 2.24) is 10.2 Å². The molecule has 4 nitrogen and oxygen atoms in total. The van der Waals surface area contributed by atoms with Crippen LogP contribution >= 0.6 is 12.4 Å². The minimum Gasteiger partial charge on any atom is -0.403 e. The average molecular weight is 345 g/mol. The third-order valence-corrected chi connectivity index (χ3v) is 3.33. The van der Waals surface area contributed by atoms with Crippen molar-refractivity contribution in [3.05, 3.63) is 29.6 Å². The standard InChI is InChI=1S/C13H16F4N2O2.ClH/c14-10-7-9(1-2-12(10)21-13(15,16)17)11(8-20)19-5-3-18-4-6-19;/h1-2,7,11,18,20H,3-6,8H2;1H/t11-;/m1./s1. The van der Waals surface area contributed by atoms with Crippen LogP contribution in [0, 0.1) is 5.82 Å². The molecule has 1 atom stereocenters. The van der Waals surface area contributed by atoms with E-state index >= 15 is 0 Å². The topological polar surface area (TPSA) is 44.7 Å². The Balaban J connectivity index is 0.00000242. The van der Waals surface area contributed by atoms with Gasteiger partial charge in [-0.25, -0.2) is 4.39 Å². The number of aliphatic hydroxyl groups excluding tert-OH is 1. The van der Waals surface area contributed by atoms with Crippen molar-refractivity contribution in [1.29, 1.82) is 0 Å². The predicted molar refractivity (Wildman–Crippen MR) is 74.6 cm³/mol. The Kier molecular flexibility index (Phi) is 6.86. The molecular weight excluding hydrogens is 328 g/mol. The van der Waals surface area contributed by atoms with Gasteiger partial charge in [-0.05, 0) is 17.7 Å². The van der Waals surface area contributed by atoms with Gasteiger partial charge in [-0.15, -0.1) is 25.6 Å². The predicted octanol–water partition coefficient (Wildman–Crippen LogP) is 2.08. The quantitative estimate of drug-likeness (QED) is 0.821. The molecule has 1 saturated heterocycles. The lowest BCUT2D eigenvalue weighted by Crippen LogP contribution is -2.46. The summed E-state index contributed by atoms with van der Waals surface area (Å²) in [6.07, 6.45) is -4.93. The molecule has 0 aliphatic carbocycles. The molecule has 1 aliphatic rings. The number of hydrogen-bond donors (Lipinski definition) is 2. The summed E-state index contributed by atoms with van der Waals surface area (Å²) in [6.45, 7) is 2.60. The van der Waals surface area contributed by atoms with Gasteiger partial charge in [-0.1, -0.05) is 6.07 Å². The highest BCUT2D eigenvalue weighted by Crippen LogP contribution is 2.29. The van der Waals surface area contributed by atoms with Gasteiger partial charge in [0.25, 0.3) is 0 Å². The Hall–Kier alpha value is -1.09. The van der Waals surface area contributed by atoms with Crippen LogP contribution in [0.4, 0.5) is 17.6 Å². The van der Waals surface area contributed by atoms with E-state index < -0.39 is 24.0 Å². The van der Waals surface area contributed by atoms with Crippen molar-refractivity contribution in [2.75, 3.05) is 32.8 Å².